The predicted octanol–water partition coefficient (Wildman–Crippen LogP) is 4.42. The van der Waals surface area contributed by atoms with Crippen LogP contribution in [0.5, 0.6) is 11.5 Å². The number of para-hydroxylation sites is 1. The highest BCUT2D eigenvalue weighted by molar-refractivity contribution is 6.10. The number of nitrogens with one attached hydrogen (secondary N) is 2. The molecule has 158 valence electrons. The summed E-state index contributed by atoms with van der Waals surface area (Å²) >= 11 is 0. The molecular formula is C25H24N2O4. The van der Waals surface area contributed by atoms with Crippen LogP contribution in [-0.4, -0.2) is 26.0 Å². The number of hydrogen-bond donors (Lipinski definition) is 2. The molecule has 31 heavy (non-hydrogen) atoms. The molecule has 3 aromatic rings. The average molecular weight is 416 g/mol. The van der Waals surface area contributed by atoms with Gasteiger partial charge in [-0.15, -0.1) is 0 Å². The minimum absolute atomic E-state index is 0.0897. The Kier molecular flexibility index (Phi) is 7.06. The van der Waals surface area contributed by atoms with E-state index in [1.807, 2.05) is 25.1 Å². The molecule has 0 saturated carbocycles. The zero-order valence-electron chi connectivity index (χ0n) is 17.6. The number of aryl methyl sites for hydroxylation is 1. The number of hydrogen-bond acceptors (Lipinski definition) is 4. The monoisotopic (exact) mass is 416 g/mol. The summed E-state index contributed by atoms with van der Waals surface area (Å²) in [5, 5.41) is 5.53. The molecule has 2 N–H and O–H groups in total. The molecule has 0 aliphatic rings. The number of carbonyl (C=O) groups excluding carboxylic acids is 2. The van der Waals surface area contributed by atoms with Gasteiger partial charge >= 0.3 is 0 Å². The molecule has 3 aromatic carbocycles. The van der Waals surface area contributed by atoms with Gasteiger partial charge in [0.1, 0.15) is 17.2 Å². The Morgan fingerprint density at radius 3 is 2.29 bits per heavy atom. The number of benzene rings is 3. The quantitative estimate of drug-likeness (QED) is 0.559. The summed E-state index contributed by atoms with van der Waals surface area (Å²) in [4.78, 5) is 25.9. The maximum Gasteiger partial charge on any atom is 0.272 e. The Labute approximate surface area is 181 Å². The van der Waals surface area contributed by atoms with Gasteiger partial charge < -0.3 is 20.1 Å². The van der Waals surface area contributed by atoms with Crippen molar-refractivity contribution >= 4 is 23.6 Å². The lowest BCUT2D eigenvalue weighted by molar-refractivity contribution is -0.113. The lowest BCUT2D eigenvalue weighted by Gasteiger charge is -2.13. The highest BCUT2D eigenvalue weighted by atomic mass is 16.5. The third kappa shape index (κ3) is 5.73. The Morgan fingerprint density at radius 2 is 1.61 bits per heavy atom. The van der Waals surface area contributed by atoms with Crippen LogP contribution in [0.2, 0.25) is 0 Å². The highest BCUT2D eigenvalue weighted by Crippen LogP contribution is 2.21. The first-order chi connectivity index (χ1) is 15.0. The lowest BCUT2D eigenvalue weighted by atomic mass is 10.1. The molecule has 0 heterocycles. The minimum Gasteiger partial charge on any atom is -0.497 e. The zero-order valence-corrected chi connectivity index (χ0v) is 17.6. The van der Waals surface area contributed by atoms with Crippen LogP contribution in [0.3, 0.4) is 0 Å². The molecule has 0 unspecified atom stereocenters. The van der Waals surface area contributed by atoms with Crippen LogP contribution >= 0.6 is 0 Å². The van der Waals surface area contributed by atoms with Gasteiger partial charge in [0.2, 0.25) is 0 Å². The fraction of sp³-hybridized carbons (Fsp3) is 0.120. The molecule has 0 bridgehead atoms. The van der Waals surface area contributed by atoms with Gasteiger partial charge in [-0.25, -0.2) is 0 Å². The van der Waals surface area contributed by atoms with E-state index in [4.69, 9.17) is 9.47 Å². The number of carbonyl (C=O) groups is 2. The van der Waals surface area contributed by atoms with Gasteiger partial charge in [-0.05, 0) is 55.5 Å². The first-order valence-electron chi connectivity index (χ1n) is 9.68. The Morgan fingerprint density at radius 1 is 0.871 bits per heavy atom. The van der Waals surface area contributed by atoms with E-state index >= 15 is 0 Å². The van der Waals surface area contributed by atoms with E-state index < -0.39 is 5.91 Å². The highest BCUT2D eigenvalue weighted by Gasteiger charge is 2.16. The van der Waals surface area contributed by atoms with Crippen LogP contribution in [0, 0.1) is 6.92 Å². The van der Waals surface area contributed by atoms with Crippen molar-refractivity contribution in [3.8, 4) is 11.5 Å². The number of amides is 2. The molecule has 3 rings (SSSR count). The molecular weight excluding hydrogens is 392 g/mol. The maximum absolute atomic E-state index is 13.0. The van der Waals surface area contributed by atoms with E-state index in [0.717, 1.165) is 5.56 Å². The molecule has 2 amide bonds. The summed E-state index contributed by atoms with van der Waals surface area (Å²) in [6.07, 6.45) is 1.59. The van der Waals surface area contributed by atoms with Crippen LogP contribution in [0.4, 0.5) is 5.69 Å². The molecule has 6 nitrogen and oxygen atoms in total. The van der Waals surface area contributed by atoms with Gasteiger partial charge in [-0.1, -0.05) is 35.9 Å². The van der Waals surface area contributed by atoms with E-state index in [2.05, 4.69) is 10.6 Å². The summed E-state index contributed by atoms with van der Waals surface area (Å²) in [7, 11) is 3.12. The topological polar surface area (TPSA) is 76.7 Å². The van der Waals surface area contributed by atoms with Gasteiger partial charge in [-0.3, -0.25) is 9.59 Å². The molecule has 0 atom stereocenters. The largest absolute Gasteiger partial charge is 0.497 e. The molecule has 0 aliphatic heterocycles. The zero-order chi connectivity index (χ0) is 22.2. The summed E-state index contributed by atoms with van der Waals surface area (Å²) in [5.41, 5.74) is 2.73. The van der Waals surface area contributed by atoms with Crippen LogP contribution in [-0.2, 0) is 4.79 Å². The number of ether oxygens (including phenoxy) is 2. The van der Waals surface area contributed by atoms with Crippen molar-refractivity contribution < 1.29 is 19.1 Å². The van der Waals surface area contributed by atoms with Crippen molar-refractivity contribution in [1.82, 2.24) is 5.32 Å². The van der Waals surface area contributed by atoms with Crippen molar-refractivity contribution in [3.05, 3.63) is 95.2 Å². The number of methoxy groups -OCH3 is 2. The molecule has 0 radical (unpaired) electrons. The summed E-state index contributed by atoms with van der Waals surface area (Å²) in [5.74, 6) is 0.421. The summed E-state index contributed by atoms with van der Waals surface area (Å²) < 4.78 is 10.5. The van der Waals surface area contributed by atoms with Gasteiger partial charge in [0.05, 0.1) is 14.2 Å². The molecule has 0 fully saturated rings. The Bertz CT molecular complexity index is 1100. The first kappa shape index (κ1) is 21.6. The van der Waals surface area contributed by atoms with Crippen molar-refractivity contribution in [2.24, 2.45) is 0 Å². The maximum atomic E-state index is 13.0. The van der Waals surface area contributed by atoms with E-state index in [1.165, 1.54) is 0 Å². The van der Waals surface area contributed by atoms with Gasteiger partial charge in [-0.2, -0.15) is 0 Å². The molecule has 0 aromatic heterocycles. The van der Waals surface area contributed by atoms with E-state index in [1.54, 1.807) is 74.9 Å². The number of anilines is 1. The SMILES string of the molecule is COc1ccc(NC(=O)/C(=C\c2ccccc2OC)NC(=O)c2cccc(C)c2)cc1. The van der Waals surface area contributed by atoms with Gasteiger partial charge in [0.15, 0.2) is 0 Å². The van der Waals surface area contributed by atoms with Crippen LogP contribution in [0.25, 0.3) is 6.08 Å². The molecule has 0 saturated heterocycles. The Balaban J connectivity index is 1.91. The van der Waals surface area contributed by atoms with Crippen molar-refractivity contribution in [2.75, 3.05) is 19.5 Å². The normalized spacial score (nSPS) is 10.9. The van der Waals surface area contributed by atoms with Crippen LogP contribution < -0.4 is 20.1 Å². The second-order valence-electron chi connectivity index (χ2n) is 6.81. The van der Waals surface area contributed by atoms with Crippen LogP contribution in [0.15, 0.2) is 78.5 Å². The van der Waals surface area contributed by atoms with Crippen molar-refractivity contribution in [1.29, 1.82) is 0 Å². The van der Waals surface area contributed by atoms with Gasteiger partial charge in [0, 0.05) is 16.8 Å². The fourth-order valence-corrected chi connectivity index (χ4v) is 2.95. The molecule has 0 spiro atoms. The average Bonchev–Trinajstić information content (AvgIpc) is 2.79. The van der Waals surface area contributed by atoms with E-state index in [-0.39, 0.29) is 11.6 Å². The minimum atomic E-state index is -0.461. The second-order valence-corrected chi connectivity index (χ2v) is 6.81. The van der Waals surface area contributed by atoms with E-state index in [9.17, 15) is 9.59 Å². The first-order valence-corrected chi connectivity index (χ1v) is 9.68. The van der Waals surface area contributed by atoms with Crippen LogP contribution in [0.1, 0.15) is 21.5 Å². The standard InChI is InChI=1S/C25H24N2O4/c1-17-7-6-9-19(15-17)24(28)27-22(16-18-8-4-5-10-23(18)31-3)25(29)26-20-11-13-21(30-2)14-12-20/h4-16H,1-3H3,(H,26,29)(H,27,28)/b22-16+. The number of rotatable bonds is 7. The predicted molar refractivity (Wildman–Crippen MR) is 121 cm³/mol. The summed E-state index contributed by atoms with van der Waals surface area (Å²) in [6.45, 7) is 1.90. The second kappa shape index (κ2) is 10.1. The molecule has 6 heteroatoms. The third-order valence-electron chi connectivity index (χ3n) is 4.56. The van der Waals surface area contributed by atoms with Gasteiger partial charge in [0.25, 0.3) is 11.8 Å². The van der Waals surface area contributed by atoms with Crippen molar-refractivity contribution in [3.63, 3.8) is 0 Å². The summed E-state index contributed by atoms with van der Waals surface area (Å²) in [6, 6.07) is 21.3. The lowest BCUT2D eigenvalue weighted by Crippen LogP contribution is -2.30. The Hall–Kier alpha value is -4.06. The third-order valence-corrected chi connectivity index (χ3v) is 4.56. The smallest absolute Gasteiger partial charge is 0.272 e. The molecule has 0 aliphatic carbocycles. The fourth-order valence-electron chi connectivity index (χ4n) is 2.95. The van der Waals surface area contributed by atoms with E-state index in [0.29, 0.717) is 28.3 Å². The van der Waals surface area contributed by atoms with Crippen molar-refractivity contribution in [2.45, 2.75) is 6.92 Å².